The first-order chi connectivity index (χ1) is 9.75. The number of amides is 2. The van der Waals surface area contributed by atoms with Crippen LogP contribution in [0.2, 0.25) is 0 Å². The third-order valence-electron chi connectivity index (χ3n) is 4.04. The molecule has 0 aromatic heterocycles. The van der Waals surface area contributed by atoms with Crippen LogP contribution < -0.4 is 10.6 Å². The highest BCUT2D eigenvalue weighted by atomic mass is 35.5. The van der Waals surface area contributed by atoms with Crippen LogP contribution in [-0.2, 0) is 9.59 Å². The minimum atomic E-state index is -0.00526. The molecule has 0 radical (unpaired) electrons. The third kappa shape index (κ3) is 7.67. The molecule has 2 amide bonds. The van der Waals surface area contributed by atoms with E-state index < -0.39 is 0 Å². The molecule has 5 nitrogen and oxygen atoms in total. The van der Waals surface area contributed by atoms with Crippen LogP contribution in [0.4, 0.5) is 0 Å². The quantitative estimate of drug-likeness (QED) is 0.744. The summed E-state index contributed by atoms with van der Waals surface area (Å²) in [7, 11) is 0. The van der Waals surface area contributed by atoms with Gasteiger partial charge in [0, 0.05) is 26.1 Å². The van der Waals surface area contributed by atoms with Crippen LogP contribution in [0.25, 0.3) is 0 Å². The molecule has 6 heteroatoms. The van der Waals surface area contributed by atoms with Crippen LogP contribution in [0.15, 0.2) is 0 Å². The first-order valence-corrected chi connectivity index (χ1v) is 8.01. The SMILES string of the molecule is Cl.O=C(CNCC1CC1)NCCC(=O)N1CCCCCC1. The highest BCUT2D eigenvalue weighted by Gasteiger charge is 2.20. The van der Waals surface area contributed by atoms with Gasteiger partial charge in [0.15, 0.2) is 0 Å². The molecule has 1 aliphatic heterocycles. The smallest absolute Gasteiger partial charge is 0.233 e. The van der Waals surface area contributed by atoms with Gasteiger partial charge < -0.3 is 15.5 Å². The van der Waals surface area contributed by atoms with Gasteiger partial charge in [-0.25, -0.2) is 0 Å². The second kappa shape index (κ2) is 10.0. The predicted octanol–water partition coefficient (Wildman–Crippen LogP) is 1.32. The number of halogens is 1. The van der Waals surface area contributed by atoms with Crippen molar-refractivity contribution >= 4 is 24.2 Å². The molecule has 1 aliphatic carbocycles. The van der Waals surface area contributed by atoms with E-state index in [4.69, 9.17) is 0 Å². The lowest BCUT2D eigenvalue weighted by Gasteiger charge is -2.20. The van der Waals surface area contributed by atoms with Gasteiger partial charge >= 0.3 is 0 Å². The Morgan fingerprint density at radius 2 is 1.71 bits per heavy atom. The number of likely N-dealkylation sites (tertiary alicyclic amines) is 1. The van der Waals surface area contributed by atoms with Crippen molar-refractivity contribution in [1.29, 1.82) is 0 Å². The van der Waals surface area contributed by atoms with Crippen LogP contribution in [0, 0.1) is 5.92 Å². The maximum Gasteiger partial charge on any atom is 0.233 e. The van der Waals surface area contributed by atoms with E-state index in [9.17, 15) is 9.59 Å². The monoisotopic (exact) mass is 317 g/mol. The minimum Gasteiger partial charge on any atom is -0.354 e. The van der Waals surface area contributed by atoms with Crippen molar-refractivity contribution in [3.05, 3.63) is 0 Å². The molecule has 21 heavy (non-hydrogen) atoms. The first-order valence-electron chi connectivity index (χ1n) is 8.01. The zero-order valence-corrected chi connectivity index (χ0v) is 13.6. The summed E-state index contributed by atoms with van der Waals surface area (Å²) in [5, 5.41) is 5.96. The average Bonchev–Trinajstić information content (AvgIpc) is 3.25. The van der Waals surface area contributed by atoms with Crippen LogP contribution in [-0.4, -0.2) is 49.4 Å². The summed E-state index contributed by atoms with van der Waals surface area (Å²) in [6.07, 6.45) is 7.69. The number of carbonyl (C=O) groups is 2. The van der Waals surface area contributed by atoms with Crippen molar-refractivity contribution in [3.63, 3.8) is 0 Å². The van der Waals surface area contributed by atoms with E-state index in [1.165, 1.54) is 25.7 Å². The summed E-state index contributed by atoms with van der Waals surface area (Å²) in [6, 6.07) is 0. The highest BCUT2D eigenvalue weighted by molar-refractivity contribution is 5.85. The molecule has 0 aromatic rings. The lowest BCUT2D eigenvalue weighted by Crippen LogP contribution is -2.38. The molecule has 0 unspecified atom stereocenters. The Morgan fingerprint density at radius 1 is 1.05 bits per heavy atom. The zero-order chi connectivity index (χ0) is 14.2. The molecule has 1 saturated carbocycles. The van der Waals surface area contributed by atoms with Gasteiger partial charge in [0.2, 0.25) is 11.8 Å². The Kier molecular flexibility index (Phi) is 8.69. The van der Waals surface area contributed by atoms with E-state index >= 15 is 0 Å². The van der Waals surface area contributed by atoms with Crippen molar-refractivity contribution in [1.82, 2.24) is 15.5 Å². The van der Waals surface area contributed by atoms with E-state index in [0.29, 0.717) is 19.5 Å². The van der Waals surface area contributed by atoms with Crippen molar-refractivity contribution in [2.24, 2.45) is 5.92 Å². The van der Waals surface area contributed by atoms with Gasteiger partial charge in [-0.1, -0.05) is 12.8 Å². The van der Waals surface area contributed by atoms with Crippen molar-refractivity contribution < 1.29 is 9.59 Å². The number of nitrogens with one attached hydrogen (secondary N) is 2. The molecule has 0 spiro atoms. The topological polar surface area (TPSA) is 61.4 Å². The summed E-state index contributed by atoms with van der Waals surface area (Å²) < 4.78 is 0. The fourth-order valence-electron chi connectivity index (χ4n) is 2.56. The Bertz CT molecular complexity index is 327. The summed E-state index contributed by atoms with van der Waals surface area (Å²) in [5.41, 5.74) is 0. The number of nitrogens with zero attached hydrogens (tertiary/aromatic N) is 1. The number of hydrogen-bond donors (Lipinski definition) is 2. The molecular weight excluding hydrogens is 290 g/mol. The van der Waals surface area contributed by atoms with E-state index in [-0.39, 0.29) is 24.2 Å². The first kappa shape index (κ1) is 18.2. The molecule has 0 bridgehead atoms. The van der Waals surface area contributed by atoms with Gasteiger partial charge in [0.1, 0.15) is 0 Å². The Labute approximate surface area is 133 Å². The van der Waals surface area contributed by atoms with Crippen molar-refractivity contribution in [2.45, 2.75) is 44.9 Å². The van der Waals surface area contributed by atoms with Crippen LogP contribution in [0.1, 0.15) is 44.9 Å². The predicted molar refractivity (Wildman–Crippen MR) is 85.5 cm³/mol. The molecule has 2 N–H and O–H groups in total. The van der Waals surface area contributed by atoms with Crippen LogP contribution in [0.3, 0.4) is 0 Å². The number of rotatable bonds is 7. The zero-order valence-electron chi connectivity index (χ0n) is 12.7. The summed E-state index contributed by atoms with van der Waals surface area (Å²) in [4.78, 5) is 25.5. The van der Waals surface area contributed by atoms with Gasteiger partial charge in [0.05, 0.1) is 6.54 Å². The number of carbonyl (C=O) groups excluding carboxylic acids is 2. The van der Waals surface area contributed by atoms with E-state index in [1.54, 1.807) is 0 Å². The lowest BCUT2D eigenvalue weighted by atomic mass is 10.2. The second-order valence-corrected chi connectivity index (χ2v) is 5.97. The minimum absolute atomic E-state index is 0. The number of hydrogen-bond acceptors (Lipinski definition) is 3. The van der Waals surface area contributed by atoms with Gasteiger partial charge in [-0.05, 0) is 38.1 Å². The lowest BCUT2D eigenvalue weighted by molar-refractivity contribution is -0.131. The van der Waals surface area contributed by atoms with E-state index in [1.807, 2.05) is 4.90 Å². The summed E-state index contributed by atoms with van der Waals surface area (Å²) >= 11 is 0. The summed E-state index contributed by atoms with van der Waals surface area (Å²) in [6.45, 7) is 3.54. The van der Waals surface area contributed by atoms with Gasteiger partial charge in [-0.2, -0.15) is 0 Å². The fraction of sp³-hybridized carbons (Fsp3) is 0.867. The van der Waals surface area contributed by atoms with Crippen molar-refractivity contribution in [2.75, 3.05) is 32.7 Å². The van der Waals surface area contributed by atoms with Gasteiger partial charge in [-0.3, -0.25) is 9.59 Å². The van der Waals surface area contributed by atoms with E-state index in [2.05, 4.69) is 10.6 Å². The highest BCUT2D eigenvalue weighted by Crippen LogP contribution is 2.27. The molecule has 122 valence electrons. The third-order valence-corrected chi connectivity index (χ3v) is 4.04. The Morgan fingerprint density at radius 3 is 2.33 bits per heavy atom. The molecule has 2 rings (SSSR count). The molecule has 1 heterocycles. The van der Waals surface area contributed by atoms with Gasteiger partial charge in [-0.15, -0.1) is 12.4 Å². The van der Waals surface area contributed by atoms with Gasteiger partial charge in [0.25, 0.3) is 0 Å². The molecule has 2 fully saturated rings. The van der Waals surface area contributed by atoms with Crippen LogP contribution in [0.5, 0.6) is 0 Å². The maximum atomic E-state index is 12.0. The maximum absolute atomic E-state index is 12.0. The molecule has 0 atom stereocenters. The standard InChI is InChI=1S/C15H27N3O2.ClH/c19-14(12-16-11-13-5-6-13)17-8-7-15(20)18-9-3-1-2-4-10-18;/h13,16H,1-12H2,(H,17,19);1H. The molecule has 2 aliphatic rings. The average molecular weight is 318 g/mol. The second-order valence-electron chi connectivity index (χ2n) is 5.97. The van der Waals surface area contributed by atoms with E-state index in [0.717, 1.165) is 38.4 Å². The molecule has 1 saturated heterocycles. The molecular formula is C15H28ClN3O2. The van der Waals surface area contributed by atoms with Crippen LogP contribution >= 0.6 is 12.4 Å². The fourth-order valence-corrected chi connectivity index (χ4v) is 2.56. The summed E-state index contributed by atoms with van der Waals surface area (Å²) in [5.74, 6) is 0.958. The Hall–Kier alpha value is -0.810. The van der Waals surface area contributed by atoms with Crippen molar-refractivity contribution in [3.8, 4) is 0 Å². The molecule has 0 aromatic carbocycles. The Balaban J connectivity index is 0.00000220. The largest absolute Gasteiger partial charge is 0.354 e. The normalized spacial score (nSPS) is 18.6.